The van der Waals surface area contributed by atoms with Gasteiger partial charge in [-0.15, -0.1) is 0 Å². The Hall–Kier alpha value is -3.04. The van der Waals surface area contributed by atoms with E-state index in [1.165, 1.54) is 44.8 Å². The Morgan fingerprint density at radius 1 is 1.17 bits per heavy atom. The number of likely N-dealkylation sites (tertiary alicyclic amines) is 1. The molecule has 184 valence electrons. The van der Waals surface area contributed by atoms with Crippen LogP contribution in [0.2, 0.25) is 10.0 Å². The highest BCUT2D eigenvalue weighted by molar-refractivity contribution is 6.42. The fourth-order valence-corrected chi connectivity index (χ4v) is 5.12. The zero-order valence-corrected chi connectivity index (χ0v) is 20.4. The maximum atomic E-state index is 14.5. The number of carbonyl (C=O) groups excluding carboxylic acids is 1. The van der Waals surface area contributed by atoms with Crippen molar-refractivity contribution in [2.45, 2.75) is 19.3 Å². The van der Waals surface area contributed by atoms with Gasteiger partial charge in [0, 0.05) is 24.5 Å². The van der Waals surface area contributed by atoms with E-state index in [2.05, 4.69) is 15.3 Å². The van der Waals surface area contributed by atoms with Crippen molar-refractivity contribution >= 4 is 51.7 Å². The molecule has 1 aliphatic heterocycles. The highest BCUT2D eigenvalue weighted by Crippen LogP contribution is 2.38. The number of nitrogens with one attached hydrogen (secondary N) is 1. The van der Waals surface area contributed by atoms with Gasteiger partial charge >= 0.3 is 6.09 Å². The van der Waals surface area contributed by atoms with Gasteiger partial charge in [0.2, 0.25) is 6.79 Å². The number of hydrogen-bond acceptors (Lipinski definition) is 7. The van der Waals surface area contributed by atoms with Gasteiger partial charge in [-0.3, -0.25) is 0 Å². The first-order valence-corrected chi connectivity index (χ1v) is 12.0. The molecule has 8 nitrogen and oxygen atoms in total. The molecule has 0 spiro atoms. The molecule has 1 saturated heterocycles. The van der Waals surface area contributed by atoms with Crippen molar-refractivity contribution in [3.8, 4) is 11.5 Å². The first-order chi connectivity index (χ1) is 16.9. The number of carbonyl (C=O) groups is 1. The number of aromatic nitrogens is 2. The van der Waals surface area contributed by atoms with Gasteiger partial charge in [-0.25, -0.2) is 19.2 Å². The number of fused-ring (bicyclic) bond motifs is 2. The highest BCUT2D eigenvalue weighted by Gasteiger charge is 2.38. The van der Waals surface area contributed by atoms with E-state index in [9.17, 15) is 9.18 Å². The average Bonchev–Trinajstić information content (AvgIpc) is 3.47. The van der Waals surface area contributed by atoms with Crippen molar-refractivity contribution in [1.29, 1.82) is 0 Å². The number of rotatable bonds is 6. The number of halogens is 3. The van der Waals surface area contributed by atoms with Gasteiger partial charge in [-0.2, -0.15) is 0 Å². The lowest BCUT2D eigenvalue weighted by Gasteiger charge is -2.18. The molecule has 5 rings (SSSR count). The summed E-state index contributed by atoms with van der Waals surface area (Å²) in [6.07, 6.45) is 4.55. The van der Waals surface area contributed by atoms with Gasteiger partial charge in [0.15, 0.2) is 17.3 Å². The third-order valence-electron chi connectivity index (χ3n) is 6.59. The van der Waals surface area contributed by atoms with Crippen LogP contribution < -0.4 is 14.8 Å². The Balaban J connectivity index is 1.30. The molecule has 11 heteroatoms. The molecular formula is C24H23Cl2FN4O4. The van der Waals surface area contributed by atoms with E-state index in [1.54, 1.807) is 17.0 Å². The number of amides is 1. The van der Waals surface area contributed by atoms with Crippen LogP contribution in [-0.2, 0) is 4.74 Å². The van der Waals surface area contributed by atoms with Crippen molar-refractivity contribution in [1.82, 2.24) is 14.9 Å². The minimum absolute atomic E-state index is 0.108. The van der Waals surface area contributed by atoms with Gasteiger partial charge in [0.05, 0.1) is 28.4 Å². The lowest BCUT2D eigenvalue weighted by atomic mass is 10.0. The van der Waals surface area contributed by atoms with E-state index in [0.29, 0.717) is 40.1 Å². The largest absolute Gasteiger partial charge is 0.493 e. The molecule has 2 aromatic carbocycles. The second-order valence-electron chi connectivity index (χ2n) is 8.62. The normalized spacial score (nSPS) is 19.0. The van der Waals surface area contributed by atoms with E-state index in [0.717, 1.165) is 13.1 Å². The van der Waals surface area contributed by atoms with Gasteiger partial charge in [-0.1, -0.05) is 29.6 Å². The summed E-state index contributed by atoms with van der Waals surface area (Å²) in [5.74, 6) is 1.53. The van der Waals surface area contributed by atoms with Gasteiger partial charge in [0.25, 0.3) is 0 Å². The van der Waals surface area contributed by atoms with Gasteiger partial charge < -0.3 is 24.4 Å². The fraction of sp³-hybridized carbons (Fsp3) is 0.375. The predicted molar refractivity (Wildman–Crippen MR) is 130 cm³/mol. The SMILES string of the molecule is COc1cc2c(Nc3ccc(Cl)c(Cl)c3F)ncnc2cc1OCOC(=O)N1CC2CCCC2C1. The molecular weight excluding hydrogens is 498 g/mol. The third kappa shape index (κ3) is 4.75. The van der Waals surface area contributed by atoms with Crippen molar-refractivity contribution in [3.63, 3.8) is 0 Å². The van der Waals surface area contributed by atoms with Crippen LogP contribution in [0.5, 0.6) is 11.5 Å². The average molecular weight is 521 g/mol. The molecule has 1 N–H and O–H groups in total. The van der Waals surface area contributed by atoms with E-state index in [1.807, 2.05) is 0 Å². The topological polar surface area (TPSA) is 85.8 Å². The lowest BCUT2D eigenvalue weighted by molar-refractivity contribution is 0.0365. The Labute approximate surface area is 211 Å². The van der Waals surface area contributed by atoms with Gasteiger partial charge in [0.1, 0.15) is 12.1 Å². The molecule has 2 fully saturated rings. The van der Waals surface area contributed by atoms with Crippen LogP contribution in [0, 0.1) is 17.7 Å². The summed E-state index contributed by atoms with van der Waals surface area (Å²) < 4.78 is 31.0. The van der Waals surface area contributed by atoms with Crippen molar-refractivity contribution in [2.75, 3.05) is 32.3 Å². The maximum absolute atomic E-state index is 14.5. The molecule has 2 aliphatic rings. The fourth-order valence-electron chi connectivity index (χ4n) is 4.80. The first-order valence-electron chi connectivity index (χ1n) is 11.2. The highest BCUT2D eigenvalue weighted by atomic mass is 35.5. The Bertz CT molecular complexity index is 1270. The molecule has 1 aromatic heterocycles. The van der Waals surface area contributed by atoms with Crippen molar-refractivity contribution in [3.05, 3.63) is 46.5 Å². The first kappa shape index (κ1) is 23.7. The minimum Gasteiger partial charge on any atom is -0.493 e. The Morgan fingerprint density at radius 3 is 2.69 bits per heavy atom. The second-order valence-corrected chi connectivity index (χ2v) is 9.40. The van der Waals surface area contributed by atoms with Crippen molar-refractivity contribution in [2.24, 2.45) is 11.8 Å². The van der Waals surface area contributed by atoms with Crippen LogP contribution in [-0.4, -0.2) is 48.0 Å². The summed E-state index contributed by atoms with van der Waals surface area (Å²) >= 11 is 11.8. The maximum Gasteiger partial charge on any atom is 0.412 e. The summed E-state index contributed by atoms with van der Waals surface area (Å²) in [6.45, 7) is 1.22. The monoisotopic (exact) mass is 520 g/mol. The molecule has 0 bridgehead atoms. The summed E-state index contributed by atoms with van der Waals surface area (Å²) in [5.41, 5.74) is 0.620. The van der Waals surface area contributed by atoms with E-state index >= 15 is 0 Å². The zero-order chi connectivity index (χ0) is 24.5. The van der Waals surface area contributed by atoms with E-state index in [-0.39, 0.29) is 28.6 Å². The summed E-state index contributed by atoms with van der Waals surface area (Å²) in [4.78, 5) is 22.7. The second kappa shape index (κ2) is 9.91. The zero-order valence-electron chi connectivity index (χ0n) is 18.9. The Kier molecular flexibility index (Phi) is 6.71. The predicted octanol–water partition coefficient (Wildman–Crippen LogP) is 6.03. The summed E-state index contributed by atoms with van der Waals surface area (Å²) in [7, 11) is 1.48. The molecule has 2 heterocycles. The quantitative estimate of drug-likeness (QED) is 0.313. The third-order valence-corrected chi connectivity index (χ3v) is 7.37. The number of benzene rings is 2. The summed E-state index contributed by atoms with van der Waals surface area (Å²) in [6, 6.07) is 6.25. The molecule has 1 saturated carbocycles. The van der Waals surface area contributed by atoms with Crippen LogP contribution in [0.25, 0.3) is 10.9 Å². The van der Waals surface area contributed by atoms with Crippen LogP contribution in [0.4, 0.5) is 20.7 Å². The summed E-state index contributed by atoms with van der Waals surface area (Å²) in [5, 5.41) is 3.40. The Morgan fingerprint density at radius 2 is 1.94 bits per heavy atom. The van der Waals surface area contributed by atoms with Gasteiger partial charge in [-0.05, 0) is 42.9 Å². The molecule has 1 amide bonds. The number of methoxy groups -OCH3 is 1. The van der Waals surface area contributed by atoms with Crippen LogP contribution in [0.3, 0.4) is 0 Å². The molecule has 2 unspecified atom stereocenters. The molecule has 2 atom stereocenters. The van der Waals surface area contributed by atoms with E-state index < -0.39 is 5.82 Å². The molecule has 0 radical (unpaired) electrons. The van der Waals surface area contributed by atoms with E-state index in [4.69, 9.17) is 37.4 Å². The number of ether oxygens (including phenoxy) is 3. The van der Waals surface area contributed by atoms with Crippen LogP contribution in [0.1, 0.15) is 19.3 Å². The molecule has 1 aliphatic carbocycles. The molecule has 3 aromatic rings. The van der Waals surface area contributed by atoms with Crippen LogP contribution in [0.15, 0.2) is 30.6 Å². The van der Waals surface area contributed by atoms with Crippen molar-refractivity contribution < 1.29 is 23.4 Å². The standard InChI is InChI=1S/C24H23Cl2FN4O4/c1-33-19-7-15-18(28-11-29-23(15)30-17-6-5-16(25)21(26)22(17)27)8-20(19)34-12-35-24(32)31-9-13-3-2-4-14(13)10-31/h5-8,11,13-14H,2-4,9-10,12H2,1H3,(H,28,29,30). The minimum atomic E-state index is -0.693. The molecule has 35 heavy (non-hydrogen) atoms. The number of anilines is 2. The number of hydrogen-bond donors (Lipinski definition) is 1. The lowest BCUT2D eigenvalue weighted by Crippen LogP contribution is -2.31. The van der Waals surface area contributed by atoms with Crippen LogP contribution >= 0.6 is 23.2 Å². The smallest absolute Gasteiger partial charge is 0.412 e. The number of nitrogens with zero attached hydrogens (tertiary/aromatic N) is 3.